The lowest BCUT2D eigenvalue weighted by molar-refractivity contribution is -0.151. The smallest absolute Gasteiger partial charge is 0.306 e. The van der Waals surface area contributed by atoms with Gasteiger partial charge in [-0.2, -0.15) is 0 Å². The lowest BCUT2D eigenvalue weighted by Crippen LogP contribution is -2.46. The van der Waals surface area contributed by atoms with Gasteiger partial charge in [-0.1, -0.05) is 235 Å². The van der Waals surface area contributed by atoms with Crippen LogP contribution in [-0.2, 0) is 14.3 Å². The standard InChI is InChI=1S/C58H103NO5/c1-4-7-10-13-16-19-22-25-27-28-29-30-33-36-39-42-45-48-51-58(63)64-54(49-46-43-40-37-34-32-26-23-20-17-14-11-8-5-2)52-57(62)59-55(53-60)56(61)50-47-44-41-38-35-31-24-21-18-15-12-9-6-3/h8,11,17,20,22,25-30,32,54-56,60-61H,4-7,9-10,12-16,18-19,21,23-24,31,33-53H2,1-3H3,(H,59,62)/b11-8+,20-17+,25-22+,28-27+,30-29+,32-26+. The second-order valence-electron chi connectivity index (χ2n) is 18.3. The fourth-order valence-electron chi connectivity index (χ4n) is 7.98. The van der Waals surface area contributed by atoms with Crippen LogP contribution in [-0.4, -0.2) is 46.9 Å². The molecule has 0 aliphatic heterocycles. The highest BCUT2D eigenvalue weighted by atomic mass is 16.5. The van der Waals surface area contributed by atoms with Crippen LogP contribution in [0.25, 0.3) is 0 Å². The summed E-state index contributed by atoms with van der Waals surface area (Å²) in [6, 6.07) is -0.716. The molecule has 0 aromatic rings. The molecule has 0 bridgehead atoms. The van der Waals surface area contributed by atoms with E-state index in [1.165, 1.54) is 103 Å². The topological polar surface area (TPSA) is 95.9 Å². The molecule has 1 amide bonds. The number of carbonyl (C=O) groups is 2. The van der Waals surface area contributed by atoms with Crippen molar-refractivity contribution in [1.82, 2.24) is 5.32 Å². The maximum atomic E-state index is 13.2. The van der Waals surface area contributed by atoms with E-state index < -0.39 is 18.2 Å². The van der Waals surface area contributed by atoms with Gasteiger partial charge in [0.15, 0.2) is 0 Å². The van der Waals surface area contributed by atoms with Crippen molar-refractivity contribution in [3.8, 4) is 0 Å². The van der Waals surface area contributed by atoms with E-state index >= 15 is 0 Å². The summed E-state index contributed by atoms with van der Waals surface area (Å²) >= 11 is 0. The Balaban J connectivity index is 4.64. The van der Waals surface area contributed by atoms with E-state index in [4.69, 9.17) is 4.74 Å². The summed E-state index contributed by atoms with van der Waals surface area (Å²) < 4.78 is 5.93. The summed E-state index contributed by atoms with van der Waals surface area (Å²) in [6.07, 6.45) is 65.3. The predicted molar refractivity (Wildman–Crippen MR) is 278 cm³/mol. The minimum atomic E-state index is -0.800. The highest BCUT2D eigenvalue weighted by molar-refractivity contribution is 5.77. The van der Waals surface area contributed by atoms with Crippen molar-refractivity contribution < 1.29 is 24.5 Å². The first-order chi connectivity index (χ1) is 31.5. The summed E-state index contributed by atoms with van der Waals surface area (Å²) in [6.45, 7) is 6.35. The van der Waals surface area contributed by atoms with Gasteiger partial charge in [-0.05, 0) is 83.5 Å². The molecule has 0 rings (SSSR count). The summed E-state index contributed by atoms with van der Waals surface area (Å²) in [5.74, 6) is -0.518. The van der Waals surface area contributed by atoms with E-state index in [1.54, 1.807) is 0 Å². The second-order valence-corrected chi connectivity index (χ2v) is 18.3. The van der Waals surface area contributed by atoms with Crippen molar-refractivity contribution >= 4 is 11.9 Å². The van der Waals surface area contributed by atoms with E-state index in [-0.39, 0.29) is 24.9 Å². The molecule has 0 aromatic carbocycles. The molecule has 0 aliphatic carbocycles. The van der Waals surface area contributed by atoms with Gasteiger partial charge in [-0.15, -0.1) is 0 Å². The monoisotopic (exact) mass is 894 g/mol. The van der Waals surface area contributed by atoms with Crippen LogP contribution in [0.2, 0.25) is 0 Å². The fraction of sp³-hybridized carbons (Fsp3) is 0.759. The van der Waals surface area contributed by atoms with Crippen molar-refractivity contribution in [3.63, 3.8) is 0 Å². The molecular weight excluding hydrogens is 791 g/mol. The number of hydrogen-bond acceptors (Lipinski definition) is 5. The third kappa shape index (κ3) is 45.9. The molecule has 0 saturated heterocycles. The largest absolute Gasteiger partial charge is 0.462 e. The number of carbonyl (C=O) groups excluding carboxylic acids is 2. The van der Waals surface area contributed by atoms with Crippen molar-refractivity contribution in [1.29, 1.82) is 0 Å². The Kier molecular flexibility index (Phi) is 49.1. The molecule has 0 aromatic heterocycles. The lowest BCUT2D eigenvalue weighted by atomic mass is 10.0. The first-order valence-corrected chi connectivity index (χ1v) is 27.2. The minimum Gasteiger partial charge on any atom is -0.462 e. The van der Waals surface area contributed by atoms with E-state index in [0.717, 1.165) is 109 Å². The van der Waals surface area contributed by atoms with Crippen LogP contribution in [0.4, 0.5) is 0 Å². The van der Waals surface area contributed by atoms with Gasteiger partial charge in [-0.25, -0.2) is 0 Å². The average Bonchev–Trinajstić information content (AvgIpc) is 3.29. The molecule has 6 nitrogen and oxygen atoms in total. The summed E-state index contributed by atoms with van der Waals surface area (Å²) in [5.41, 5.74) is 0. The predicted octanol–water partition coefficient (Wildman–Crippen LogP) is 16.6. The first-order valence-electron chi connectivity index (χ1n) is 27.2. The Labute approximate surface area is 396 Å². The Morgan fingerprint density at radius 2 is 0.906 bits per heavy atom. The number of aliphatic hydroxyl groups excluding tert-OH is 2. The molecular formula is C58H103NO5. The number of rotatable bonds is 48. The number of ether oxygens (including phenoxy) is 1. The zero-order chi connectivity index (χ0) is 46.7. The van der Waals surface area contributed by atoms with Crippen LogP contribution in [0.3, 0.4) is 0 Å². The van der Waals surface area contributed by atoms with Gasteiger partial charge < -0.3 is 20.3 Å². The van der Waals surface area contributed by atoms with E-state index in [1.807, 2.05) is 0 Å². The number of nitrogens with one attached hydrogen (secondary N) is 1. The molecule has 0 radical (unpaired) electrons. The number of hydrogen-bond donors (Lipinski definition) is 3. The minimum absolute atomic E-state index is 0.0519. The van der Waals surface area contributed by atoms with Crippen molar-refractivity contribution in [2.45, 2.75) is 277 Å². The van der Waals surface area contributed by atoms with Crippen molar-refractivity contribution in [2.24, 2.45) is 0 Å². The number of unbranched alkanes of at least 4 members (excludes halogenated alkanes) is 26. The van der Waals surface area contributed by atoms with Crippen LogP contribution in [0.1, 0.15) is 258 Å². The maximum Gasteiger partial charge on any atom is 0.306 e. The number of allylic oxidation sites excluding steroid dienone is 12. The Hall–Kier alpha value is -2.70. The summed E-state index contributed by atoms with van der Waals surface area (Å²) in [5, 5.41) is 23.8. The highest BCUT2D eigenvalue weighted by Crippen LogP contribution is 2.17. The zero-order valence-corrected chi connectivity index (χ0v) is 42.1. The molecule has 0 saturated carbocycles. The molecule has 6 heteroatoms. The van der Waals surface area contributed by atoms with Gasteiger partial charge in [0.1, 0.15) is 6.10 Å². The molecule has 3 unspecified atom stereocenters. The van der Waals surface area contributed by atoms with E-state index in [2.05, 4.69) is 99.0 Å². The summed E-state index contributed by atoms with van der Waals surface area (Å²) in [4.78, 5) is 26.2. The Morgan fingerprint density at radius 1 is 0.484 bits per heavy atom. The van der Waals surface area contributed by atoms with E-state index in [9.17, 15) is 19.8 Å². The van der Waals surface area contributed by atoms with Crippen LogP contribution in [0.5, 0.6) is 0 Å². The van der Waals surface area contributed by atoms with Crippen molar-refractivity contribution in [3.05, 3.63) is 72.9 Å². The fourth-order valence-corrected chi connectivity index (χ4v) is 7.98. The average molecular weight is 894 g/mol. The quantitative estimate of drug-likeness (QED) is 0.0245. The SMILES string of the molecule is CC/C=C/C/C=C/C/C=C/CCCCCCC(CC(=O)NC(CO)C(O)CCCCCCCCCCCCCCC)OC(=O)CCCCCCC/C=C/C=C/C=C/CCCCCCC. The van der Waals surface area contributed by atoms with Gasteiger partial charge in [0.2, 0.25) is 5.91 Å². The highest BCUT2D eigenvalue weighted by Gasteiger charge is 2.24. The van der Waals surface area contributed by atoms with Crippen LogP contribution in [0, 0.1) is 0 Å². The first kappa shape index (κ1) is 61.3. The molecule has 64 heavy (non-hydrogen) atoms. The van der Waals surface area contributed by atoms with Crippen LogP contribution < -0.4 is 5.32 Å². The second kappa shape index (κ2) is 51.3. The zero-order valence-electron chi connectivity index (χ0n) is 42.1. The van der Waals surface area contributed by atoms with Gasteiger partial charge in [0, 0.05) is 6.42 Å². The molecule has 370 valence electrons. The number of aliphatic hydroxyl groups is 2. The van der Waals surface area contributed by atoms with Gasteiger partial charge in [0.25, 0.3) is 0 Å². The normalized spacial score (nSPS) is 13.8. The summed E-state index contributed by atoms with van der Waals surface area (Å²) in [7, 11) is 0. The van der Waals surface area contributed by atoms with Crippen LogP contribution >= 0.6 is 0 Å². The molecule has 3 N–H and O–H groups in total. The third-order valence-corrected chi connectivity index (χ3v) is 12.1. The van der Waals surface area contributed by atoms with Crippen molar-refractivity contribution in [2.75, 3.05) is 6.61 Å². The van der Waals surface area contributed by atoms with Gasteiger partial charge >= 0.3 is 5.97 Å². The molecule has 0 spiro atoms. The Morgan fingerprint density at radius 3 is 1.41 bits per heavy atom. The molecule has 0 heterocycles. The molecule has 0 aliphatic rings. The van der Waals surface area contributed by atoms with Gasteiger partial charge in [-0.3, -0.25) is 9.59 Å². The number of amides is 1. The van der Waals surface area contributed by atoms with E-state index in [0.29, 0.717) is 19.3 Å². The molecule has 3 atom stereocenters. The van der Waals surface area contributed by atoms with Crippen LogP contribution in [0.15, 0.2) is 72.9 Å². The van der Waals surface area contributed by atoms with Gasteiger partial charge in [0.05, 0.1) is 25.2 Å². The third-order valence-electron chi connectivity index (χ3n) is 12.1. The lowest BCUT2D eigenvalue weighted by Gasteiger charge is -2.24. The number of esters is 1. The maximum absolute atomic E-state index is 13.2. The Bertz CT molecular complexity index is 1190. The molecule has 0 fully saturated rings.